The molecule has 0 aromatic carbocycles. The van der Waals surface area contributed by atoms with Gasteiger partial charge in [-0.1, -0.05) is 19.1 Å². The highest BCUT2D eigenvalue weighted by Crippen LogP contribution is 2.38. The van der Waals surface area contributed by atoms with Crippen molar-refractivity contribution in [2.24, 2.45) is 23.7 Å². The van der Waals surface area contributed by atoms with Crippen LogP contribution in [0.5, 0.6) is 0 Å². The summed E-state index contributed by atoms with van der Waals surface area (Å²) in [4.78, 5) is 34.1. The van der Waals surface area contributed by atoms with E-state index < -0.39 is 5.92 Å². The fraction of sp³-hybridized carbons (Fsp3) is 0.583. The molecule has 0 spiro atoms. The van der Waals surface area contributed by atoms with Crippen LogP contribution in [-0.2, 0) is 19.1 Å². The molecule has 17 heavy (non-hydrogen) atoms. The summed E-state index contributed by atoms with van der Waals surface area (Å²) in [6.07, 6.45) is 3.78. The maximum atomic E-state index is 11.7. The number of carbonyl (C=O) groups excluding carboxylic acids is 3. The van der Waals surface area contributed by atoms with Crippen molar-refractivity contribution >= 4 is 17.8 Å². The van der Waals surface area contributed by atoms with Gasteiger partial charge in [-0.25, -0.2) is 0 Å². The summed E-state index contributed by atoms with van der Waals surface area (Å²) in [5.41, 5.74) is 0. The van der Waals surface area contributed by atoms with Crippen LogP contribution in [0.1, 0.15) is 13.8 Å². The van der Waals surface area contributed by atoms with Crippen molar-refractivity contribution in [3.63, 3.8) is 0 Å². The number of allylic oxidation sites excluding steroid dienone is 1. The van der Waals surface area contributed by atoms with E-state index in [1.807, 2.05) is 19.1 Å². The van der Waals surface area contributed by atoms with Crippen LogP contribution in [0.15, 0.2) is 12.2 Å². The third-order valence-electron chi connectivity index (χ3n) is 3.41. The van der Waals surface area contributed by atoms with Gasteiger partial charge in [-0.05, 0) is 5.92 Å². The quantitative estimate of drug-likeness (QED) is 0.425. The van der Waals surface area contributed by atoms with Gasteiger partial charge in [0.2, 0.25) is 11.8 Å². The van der Waals surface area contributed by atoms with Crippen LogP contribution in [-0.4, -0.2) is 24.4 Å². The van der Waals surface area contributed by atoms with E-state index in [9.17, 15) is 14.4 Å². The summed E-state index contributed by atoms with van der Waals surface area (Å²) >= 11 is 0. The first-order chi connectivity index (χ1) is 8.00. The minimum absolute atomic E-state index is 0.0417. The largest absolute Gasteiger partial charge is 0.465 e. The zero-order valence-electron chi connectivity index (χ0n) is 9.80. The second kappa shape index (κ2) is 4.31. The predicted octanol–water partition coefficient (Wildman–Crippen LogP) is 0.260. The number of hydrogen-bond donors (Lipinski definition) is 1. The van der Waals surface area contributed by atoms with E-state index in [1.54, 1.807) is 0 Å². The second-order valence-corrected chi connectivity index (χ2v) is 4.62. The van der Waals surface area contributed by atoms with Gasteiger partial charge in [0.15, 0.2) is 0 Å². The molecular weight excluding hydrogens is 222 g/mol. The molecule has 0 radical (unpaired) electrons. The lowest BCUT2D eigenvalue weighted by Crippen LogP contribution is -2.35. The molecule has 2 aliphatic rings. The molecule has 4 atom stereocenters. The number of imide groups is 1. The summed E-state index contributed by atoms with van der Waals surface area (Å²) in [6, 6.07) is 0. The van der Waals surface area contributed by atoms with Crippen molar-refractivity contribution < 1.29 is 19.1 Å². The fourth-order valence-corrected chi connectivity index (χ4v) is 2.57. The molecule has 0 aromatic heterocycles. The van der Waals surface area contributed by atoms with Crippen LogP contribution in [0, 0.1) is 23.7 Å². The van der Waals surface area contributed by atoms with Crippen molar-refractivity contribution in [1.29, 1.82) is 0 Å². The van der Waals surface area contributed by atoms with Crippen LogP contribution >= 0.6 is 0 Å². The van der Waals surface area contributed by atoms with Crippen LogP contribution in [0.2, 0.25) is 0 Å². The molecule has 1 N–H and O–H groups in total. The van der Waals surface area contributed by atoms with E-state index in [0.717, 1.165) is 0 Å². The van der Waals surface area contributed by atoms with E-state index in [4.69, 9.17) is 4.74 Å². The molecule has 0 saturated carbocycles. The lowest BCUT2D eigenvalue weighted by Gasteiger charge is -2.29. The Morgan fingerprint density at radius 3 is 2.59 bits per heavy atom. The van der Waals surface area contributed by atoms with Crippen LogP contribution in [0.4, 0.5) is 0 Å². The normalized spacial score (nSPS) is 35.4. The monoisotopic (exact) mass is 237 g/mol. The van der Waals surface area contributed by atoms with Crippen LogP contribution in [0.25, 0.3) is 0 Å². The van der Waals surface area contributed by atoms with E-state index in [1.165, 1.54) is 6.92 Å². The summed E-state index contributed by atoms with van der Waals surface area (Å²) in [5, 5.41) is 2.35. The van der Waals surface area contributed by atoms with Crippen LogP contribution in [0.3, 0.4) is 0 Å². The number of esters is 1. The molecule has 1 heterocycles. The molecule has 0 bridgehead atoms. The van der Waals surface area contributed by atoms with Gasteiger partial charge >= 0.3 is 5.97 Å². The summed E-state index contributed by atoms with van der Waals surface area (Å²) in [5.74, 6) is -1.74. The van der Waals surface area contributed by atoms with Gasteiger partial charge in [-0.2, -0.15) is 0 Å². The highest BCUT2D eigenvalue weighted by molar-refractivity contribution is 6.05. The standard InChI is InChI=1S/C12H15NO4/c1-6-3-4-8(5-17-7(2)14)10-9(6)11(15)13-12(10)16/h3-4,6,8-10H,5H2,1-2H3,(H,13,15,16)/t6-,8-,9-,10+/m0/s1. The number of fused-ring (bicyclic) bond motifs is 1. The number of hydrogen-bond acceptors (Lipinski definition) is 4. The Bertz CT molecular complexity index is 401. The molecule has 0 aromatic rings. The number of carbonyl (C=O) groups is 3. The zero-order valence-corrected chi connectivity index (χ0v) is 9.80. The maximum Gasteiger partial charge on any atom is 0.302 e. The molecule has 5 heteroatoms. The summed E-state index contributed by atoms with van der Waals surface area (Å²) in [6.45, 7) is 3.39. The Morgan fingerprint density at radius 2 is 1.94 bits per heavy atom. The Hall–Kier alpha value is -1.65. The molecule has 1 aliphatic heterocycles. The zero-order chi connectivity index (χ0) is 12.6. The molecule has 5 nitrogen and oxygen atoms in total. The molecule has 1 aliphatic carbocycles. The average molecular weight is 237 g/mol. The smallest absolute Gasteiger partial charge is 0.302 e. The molecule has 92 valence electrons. The van der Waals surface area contributed by atoms with Crippen molar-refractivity contribution in [2.45, 2.75) is 13.8 Å². The number of rotatable bonds is 2. The summed E-state index contributed by atoms with van der Waals surface area (Å²) in [7, 11) is 0. The average Bonchev–Trinajstić information content (AvgIpc) is 2.55. The summed E-state index contributed by atoms with van der Waals surface area (Å²) < 4.78 is 4.93. The van der Waals surface area contributed by atoms with Crippen molar-refractivity contribution in [2.75, 3.05) is 6.61 Å². The predicted molar refractivity (Wildman–Crippen MR) is 58.6 cm³/mol. The van der Waals surface area contributed by atoms with Crippen molar-refractivity contribution in [3.8, 4) is 0 Å². The van der Waals surface area contributed by atoms with Gasteiger partial charge in [0, 0.05) is 12.8 Å². The Kier molecular flexibility index (Phi) is 3.00. The van der Waals surface area contributed by atoms with Gasteiger partial charge in [0.1, 0.15) is 0 Å². The third kappa shape index (κ3) is 2.09. The molecular formula is C12H15NO4. The molecule has 1 saturated heterocycles. The Labute approximate surface area is 99.2 Å². The van der Waals surface area contributed by atoms with Gasteiger partial charge in [0.05, 0.1) is 18.4 Å². The molecule has 2 amide bonds. The molecule has 2 rings (SSSR count). The second-order valence-electron chi connectivity index (χ2n) is 4.62. The first-order valence-electron chi connectivity index (χ1n) is 5.67. The van der Waals surface area contributed by atoms with Gasteiger partial charge in [0.25, 0.3) is 0 Å². The van der Waals surface area contributed by atoms with Gasteiger partial charge in [-0.15, -0.1) is 0 Å². The number of amides is 2. The first-order valence-corrected chi connectivity index (χ1v) is 5.67. The van der Waals surface area contributed by atoms with Crippen LogP contribution < -0.4 is 5.32 Å². The van der Waals surface area contributed by atoms with Gasteiger partial charge < -0.3 is 4.74 Å². The minimum Gasteiger partial charge on any atom is -0.465 e. The Morgan fingerprint density at radius 1 is 1.29 bits per heavy atom. The van der Waals surface area contributed by atoms with E-state index in [-0.39, 0.29) is 42.1 Å². The lowest BCUT2D eigenvalue weighted by atomic mass is 9.73. The highest BCUT2D eigenvalue weighted by atomic mass is 16.5. The molecule has 0 unspecified atom stereocenters. The first kappa shape index (κ1) is 11.8. The number of nitrogens with one attached hydrogen (secondary N) is 1. The SMILES string of the molecule is CC(=O)OC[C@@H]1C=C[C@H](C)[C@@H]2C(=O)NC(=O)[C@@H]21. The van der Waals surface area contributed by atoms with Crippen molar-refractivity contribution in [1.82, 2.24) is 5.32 Å². The van der Waals surface area contributed by atoms with E-state index in [0.29, 0.717) is 0 Å². The topological polar surface area (TPSA) is 72.5 Å². The third-order valence-corrected chi connectivity index (χ3v) is 3.41. The fourth-order valence-electron chi connectivity index (χ4n) is 2.57. The maximum absolute atomic E-state index is 11.7. The van der Waals surface area contributed by atoms with Gasteiger partial charge in [-0.3, -0.25) is 19.7 Å². The van der Waals surface area contributed by atoms with E-state index >= 15 is 0 Å². The lowest BCUT2D eigenvalue weighted by molar-refractivity contribution is -0.143. The van der Waals surface area contributed by atoms with Crippen molar-refractivity contribution in [3.05, 3.63) is 12.2 Å². The number of ether oxygens (including phenoxy) is 1. The minimum atomic E-state index is -0.401. The Balaban J connectivity index is 2.17. The molecule has 1 fully saturated rings. The highest BCUT2D eigenvalue weighted by Gasteiger charge is 2.49. The van der Waals surface area contributed by atoms with E-state index in [2.05, 4.69) is 5.32 Å².